The molecule has 30 heavy (non-hydrogen) atoms. The standard InChI is InChI=1S/C22H21BrN2O5/c1-3-6-30-21-17(23)10-14(11-20(21)27-2)9-15(13-24)22(26)25-16-4-5-18-19(12-16)29-8-7-28-18/h4-5,9-12H,3,6-8H2,1-2H3,(H,25,26)/b15-9+. The summed E-state index contributed by atoms with van der Waals surface area (Å²) in [5, 5.41) is 12.2. The van der Waals surface area contributed by atoms with Gasteiger partial charge in [0, 0.05) is 11.8 Å². The number of nitrogens with zero attached hydrogens (tertiary/aromatic N) is 1. The molecule has 1 heterocycles. The van der Waals surface area contributed by atoms with E-state index in [4.69, 9.17) is 18.9 Å². The third kappa shape index (κ3) is 5.05. The van der Waals surface area contributed by atoms with Gasteiger partial charge in [-0.25, -0.2) is 0 Å². The van der Waals surface area contributed by atoms with E-state index < -0.39 is 5.91 Å². The molecule has 0 spiro atoms. The Labute approximate surface area is 183 Å². The Morgan fingerprint density at radius 3 is 2.73 bits per heavy atom. The highest BCUT2D eigenvalue weighted by Crippen LogP contribution is 2.37. The van der Waals surface area contributed by atoms with Crippen molar-refractivity contribution in [3.63, 3.8) is 0 Å². The number of amides is 1. The van der Waals surface area contributed by atoms with Gasteiger partial charge in [0.05, 0.1) is 18.2 Å². The van der Waals surface area contributed by atoms with E-state index in [1.807, 2.05) is 13.0 Å². The Balaban J connectivity index is 1.82. The number of fused-ring (bicyclic) bond motifs is 1. The molecule has 0 fully saturated rings. The number of carbonyl (C=O) groups excluding carboxylic acids is 1. The fourth-order valence-corrected chi connectivity index (χ4v) is 3.38. The molecule has 0 atom stereocenters. The van der Waals surface area contributed by atoms with E-state index in [1.165, 1.54) is 13.2 Å². The molecular formula is C22H21BrN2O5. The molecule has 7 nitrogen and oxygen atoms in total. The van der Waals surface area contributed by atoms with Crippen LogP contribution in [-0.4, -0.2) is 32.8 Å². The van der Waals surface area contributed by atoms with Crippen molar-refractivity contribution in [3.8, 4) is 29.1 Å². The van der Waals surface area contributed by atoms with Crippen LogP contribution < -0.4 is 24.3 Å². The lowest BCUT2D eigenvalue weighted by Gasteiger charge is -2.19. The van der Waals surface area contributed by atoms with Crippen LogP contribution in [0.25, 0.3) is 6.08 Å². The monoisotopic (exact) mass is 472 g/mol. The maximum Gasteiger partial charge on any atom is 0.266 e. The van der Waals surface area contributed by atoms with Crippen LogP contribution in [0.15, 0.2) is 40.4 Å². The van der Waals surface area contributed by atoms with E-state index in [0.29, 0.717) is 58.5 Å². The smallest absolute Gasteiger partial charge is 0.266 e. The van der Waals surface area contributed by atoms with Crippen molar-refractivity contribution >= 4 is 33.6 Å². The zero-order valence-electron chi connectivity index (χ0n) is 16.7. The number of benzene rings is 2. The first-order valence-corrected chi connectivity index (χ1v) is 10.2. The fourth-order valence-electron chi connectivity index (χ4n) is 2.80. The van der Waals surface area contributed by atoms with E-state index in [1.54, 1.807) is 30.3 Å². The lowest BCUT2D eigenvalue weighted by molar-refractivity contribution is -0.112. The van der Waals surface area contributed by atoms with Crippen molar-refractivity contribution in [2.75, 3.05) is 32.2 Å². The highest BCUT2D eigenvalue weighted by atomic mass is 79.9. The molecule has 2 aromatic rings. The molecule has 0 aromatic heterocycles. The van der Waals surface area contributed by atoms with E-state index in [9.17, 15) is 10.1 Å². The summed E-state index contributed by atoms with van der Waals surface area (Å²) in [6.45, 7) is 3.49. The minimum Gasteiger partial charge on any atom is -0.493 e. The first-order chi connectivity index (χ1) is 14.5. The van der Waals surface area contributed by atoms with E-state index >= 15 is 0 Å². The van der Waals surface area contributed by atoms with Crippen molar-refractivity contribution in [1.29, 1.82) is 5.26 Å². The van der Waals surface area contributed by atoms with Gasteiger partial charge >= 0.3 is 0 Å². The summed E-state index contributed by atoms with van der Waals surface area (Å²) in [7, 11) is 1.54. The lowest BCUT2D eigenvalue weighted by Crippen LogP contribution is -2.17. The predicted molar refractivity (Wildman–Crippen MR) is 116 cm³/mol. The Morgan fingerprint density at radius 1 is 1.27 bits per heavy atom. The van der Waals surface area contributed by atoms with Crippen LogP contribution in [0.5, 0.6) is 23.0 Å². The molecule has 8 heteroatoms. The fraction of sp³-hybridized carbons (Fsp3) is 0.273. The van der Waals surface area contributed by atoms with Crippen LogP contribution in [0.1, 0.15) is 18.9 Å². The minimum absolute atomic E-state index is 0.0546. The van der Waals surface area contributed by atoms with Gasteiger partial charge in [-0.3, -0.25) is 4.79 Å². The van der Waals surface area contributed by atoms with Crippen molar-refractivity contribution in [2.24, 2.45) is 0 Å². The third-order valence-corrected chi connectivity index (χ3v) is 4.77. The zero-order valence-corrected chi connectivity index (χ0v) is 18.2. The summed E-state index contributed by atoms with van der Waals surface area (Å²) in [5.41, 5.74) is 1.07. The van der Waals surface area contributed by atoms with Crippen LogP contribution >= 0.6 is 15.9 Å². The number of methoxy groups -OCH3 is 1. The largest absolute Gasteiger partial charge is 0.493 e. The molecule has 0 radical (unpaired) electrons. The molecule has 2 aromatic carbocycles. The van der Waals surface area contributed by atoms with Gasteiger partial charge in [-0.2, -0.15) is 5.26 Å². The van der Waals surface area contributed by atoms with E-state index in [0.717, 1.165) is 6.42 Å². The van der Waals surface area contributed by atoms with Crippen molar-refractivity contribution < 1.29 is 23.7 Å². The van der Waals surface area contributed by atoms with Crippen LogP contribution in [-0.2, 0) is 4.79 Å². The summed E-state index contributed by atoms with van der Waals surface area (Å²) in [6, 6.07) is 10.5. The van der Waals surface area contributed by atoms with Gasteiger partial charge in [0.2, 0.25) is 0 Å². The highest BCUT2D eigenvalue weighted by molar-refractivity contribution is 9.10. The van der Waals surface area contributed by atoms with Crippen LogP contribution in [0.2, 0.25) is 0 Å². The maximum absolute atomic E-state index is 12.6. The number of ether oxygens (including phenoxy) is 4. The Kier molecular flexibility index (Phi) is 7.20. The second-order valence-corrected chi connectivity index (χ2v) is 7.22. The number of carbonyl (C=O) groups is 1. The van der Waals surface area contributed by atoms with E-state index in [-0.39, 0.29) is 5.57 Å². The van der Waals surface area contributed by atoms with Gasteiger partial charge in [0.15, 0.2) is 23.0 Å². The molecule has 0 aliphatic carbocycles. The van der Waals surface area contributed by atoms with Gasteiger partial charge < -0.3 is 24.3 Å². The first-order valence-electron chi connectivity index (χ1n) is 9.38. The quantitative estimate of drug-likeness (QED) is 0.469. The molecule has 1 aliphatic rings. The van der Waals surface area contributed by atoms with E-state index in [2.05, 4.69) is 21.2 Å². The number of halogens is 1. The van der Waals surface area contributed by atoms with Gasteiger partial charge in [0.25, 0.3) is 5.91 Å². The molecule has 3 rings (SSSR count). The number of hydrogen-bond acceptors (Lipinski definition) is 6. The number of nitrogens with one attached hydrogen (secondary N) is 1. The summed E-state index contributed by atoms with van der Waals surface area (Å²) in [4.78, 5) is 12.6. The second kappa shape index (κ2) is 10.0. The number of rotatable bonds is 7. The zero-order chi connectivity index (χ0) is 21.5. The molecular weight excluding hydrogens is 452 g/mol. The van der Waals surface area contributed by atoms with Gasteiger partial charge in [-0.05, 0) is 58.3 Å². The molecule has 156 valence electrons. The van der Waals surface area contributed by atoms with Crippen molar-refractivity contribution in [3.05, 3.63) is 45.9 Å². The Bertz CT molecular complexity index is 1010. The van der Waals surface area contributed by atoms with Crippen molar-refractivity contribution in [1.82, 2.24) is 0 Å². The molecule has 1 N–H and O–H groups in total. The van der Waals surface area contributed by atoms with Crippen LogP contribution in [0.3, 0.4) is 0 Å². The summed E-state index contributed by atoms with van der Waals surface area (Å²) in [5.74, 6) is 1.73. The van der Waals surface area contributed by atoms with Gasteiger partial charge in [-0.1, -0.05) is 6.92 Å². The maximum atomic E-state index is 12.6. The molecule has 1 amide bonds. The second-order valence-electron chi connectivity index (χ2n) is 6.36. The number of nitriles is 1. The Morgan fingerprint density at radius 2 is 2.03 bits per heavy atom. The normalized spacial score (nSPS) is 12.7. The molecule has 1 aliphatic heterocycles. The summed E-state index contributed by atoms with van der Waals surface area (Å²) >= 11 is 3.46. The third-order valence-electron chi connectivity index (χ3n) is 4.18. The molecule has 0 bridgehead atoms. The van der Waals surface area contributed by atoms with Gasteiger partial charge in [0.1, 0.15) is 24.9 Å². The van der Waals surface area contributed by atoms with Crippen LogP contribution in [0, 0.1) is 11.3 Å². The molecule has 0 saturated heterocycles. The summed E-state index contributed by atoms with van der Waals surface area (Å²) in [6.07, 6.45) is 2.35. The minimum atomic E-state index is -0.532. The summed E-state index contributed by atoms with van der Waals surface area (Å²) < 4.78 is 22.8. The SMILES string of the molecule is CCCOc1c(Br)cc(/C=C(\C#N)C(=O)Nc2ccc3c(c2)OCCO3)cc1OC. The Hall–Kier alpha value is -3.18. The predicted octanol–water partition coefficient (Wildman–Crippen LogP) is 4.56. The molecule has 0 unspecified atom stereocenters. The lowest BCUT2D eigenvalue weighted by atomic mass is 10.1. The first kappa shape index (κ1) is 21.5. The topological polar surface area (TPSA) is 89.8 Å². The van der Waals surface area contributed by atoms with Gasteiger partial charge in [-0.15, -0.1) is 0 Å². The van der Waals surface area contributed by atoms with Crippen LogP contribution in [0.4, 0.5) is 5.69 Å². The molecule has 0 saturated carbocycles. The number of hydrogen-bond donors (Lipinski definition) is 1. The highest BCUT2D eigenvalue weighted by Gasteiger charge is 2.16. The number of anilines is 1. The average molecular weight is 473 g/mol. The average Bonchev–Trinajstić information content (AvgIpc) is 2.76. The van der Waals surface area contributed by atoms with Crippen molar-refractivity contribution in [2.45, 2.75) is 13.3 Å².